The number of likely N-dealkylation sites (tertiary alicyclic amines) is 1. The highest BCUT2D eigenvalue weighted by Crippen LogP contribution is 2.23. The first-order chi connectivity index (χ1) is 11.5. The monoisotopic (exact) mass is 396 g/mol. The minimum Gasteiger partial charge on any atom is -0.466 e. The minimum atomic E-state index is -0.107. The van der Waals surface area contributed by atoms with Crippen molar-refractivity contribution in [2.24, 2.45) is 5.92 Å². The highest BCUT2D eigenvalue weighted by atomic mass is 79.9. The van der Waals surface area contributed by atoms with E-state index in [-0.39, 0.29) is 23.8 Å². The predicted octanol–water partition coefficient (Wildman–Crippen LogP) is 2.90. The van der Waals surface area contributed by atoms with Crippen LogP contribution in [0.2, 0.25) is 0 Å². The number of hydrogen-bond donors (Lipinski definition) is 1. The molecule has 1 amide bonds. The summed E-state index contributed by atoms with van der Waals surface area (Å²) in [7, 11) is 0. The molecule has 1 heterocycles. The van der Waals surface area contributed by atoms with Crippen molar-refractivity contribution >= 4 is 27.8 Å². The van der Waals surface area contributed by atoms with Crippen molar-refractivity contribution in [1.82, 2.24) is 10.2 Å². The van der Waals surface area contributed by atoms with Crippen molar-refractivity contribution in [2.75, 3.05) is 26.2 Å². The second-order valence-electron chi connectivity index (χ2n) is 6.11. The Balaban J connectivity index is 1.77. The third kappa shape index (κ3) is 5.31. The maximum atomic E-state index is 12.3. The summed E-state index contributed by atoms with van der Waals surface area (Å²) in [6, 6.07) is 7.83. The number of benzene rings is 1. The van der Waals surface area contributed by atoms with Gasteiger partial charge in [-0.25, -0.2) is 0 Å². The van der Waals surface area contributed by atoms with E-state index >= 15 is 0 Å². The molecule has 1 fully saturated rings. The Morgan fingerprint density at radius 1 is 1.33 bits per heavy atom. The lowest BCUT2D eigenvalue weighted by Gasteiger charge is -2.30. The molecular weight excluding hydrogens is 372 g/mol. The number of amides is 1. The molecule has 1 aromatic carbocycles. The second kappa shape index (κ2) is 9.18. The molecule has 1 saturated heterocycles. The fraction of sp³-hybridized carbons (Fsp3) is 0.556. The van der Waals surface area contributed by atoms with Crippen molar-refractivity contribution in [3.05, 3.63) is 34.3 Å². The third-order valence-electron chi connectivity index (χ3n) is 4.32. The zero-order valence-corrected chi connectivity index (χ0v) is 15.8. The summed E-state index contributed by atoms with van der Waals surface area (Å²) in [6.07, 6.45) is 1.51. The summed E-state index contributed by atoms with van der Waals surface area (Å²) in [5, 5.41) is 3.04. The number of carbonyl (C=O) groups is 2. The maximum absolute atomic E-state index is 12.3. The van der Waals surface area contributed by atoms with E-state index in [2.05, 4.69) is 26.1 Å². The number of nitrogens with zero attached hydrogens (tertiary/aromatic N) is 1. The first kappa shape index (κ1) is 18.9. The summed E-state index contributed by atoms with van der Waals surface area (Å²) < 4.78 is 6.06. The van der Waals surface area contributed by atoms with Crippen LogP contribution < -0.4 is 5.32 Å². The fourth-order valence-electron chi connectivity index (χ4n) is 2.98. The molecule has 2 rings (SSSR count). The molecular formula is C18H25BrN2O3. The summed E-state index contributed by atoms with van der Waals surface area (Å²) in [5.41, 5.74) is 1.06. The van der Waals surface area contributed by atoms with Crippen LogP contribution in [0.25, 0.3) is 0 Å². The summed E-state index contributed by atoms with van der Waals surface area (Å²) in [4.78, 5) is 26.1. The highest BCUT2D eigenvalue weighted by Gasteiger charge is 2.27. The van der Waals surface area contributed by atoms with Gasteiger partial charge in [0.25, 0.3) is 0 Å². The average molecular weight is 397 g/mol. The summed E-state index contributed by atoms with van der Waals surface area (Å²) >= 11 is 3.51. The number of hydrogen-bond acceptors (Lipinski definition) is 4. The molecule has 1 aliphatic rings. The van der Waals surface area contributed by atoms with Gasteiger partial charge in [0.15, 0.2) is 0 Å². The van der Waals surface area contributed by atoms with Gasteiger partial charge in [-0.1, -0.05) is 34.1 Å². The van der Waals surface area contributed by atoms with Crippen LogP contribution in [0.3, 0.4) is 0 Å². The molecule has 0 radical (unpaired) electrons. The normalized spacial score (nSPS) is 17.3. The van der Waals surface area contributed by atoms with E-state index in [4.69, 9.17) is 4.74 Å². The maximum Gasteiger partial charge on any atom is 0.309 e. The van der Waals surface area contributed by atoms with Gasteiger partial charge in [-0.05, 0) is 51.4 Å². The van der Waals surface area contributed by atoms with E-state index in [1.807, 2.05) is 38.1 Å². The van der Waals surface area contributed by atoms with Crippen LogP contribution in [0, 0.1) is 5.92 Å². The Hall–Kier alpha value is -1.40. The number of esters is 1. The Kier molecular flexibility index (Phi) is 7.24. The van der Waals surface area contributed by atoms with E-state index in [9.17, 15) is 9.59 Å². The number of rotatable bonds is 6. The van der Waals surface area contributed by atoms with E-state index < -0.39 is 0 Å². The number of ether oxygens (including phenoxy) is 1. The van der Waals surface area contributed by atoms with E-state index in [1.165, 1.54) is 0 Å². The summed E-state index contributed by atoms with van der Waals surface area (Å²) in [6.45, 7) is 6.09. The lowest BCUT2D eigenvalue weighted by atomic mass is 9.97. The molecule has 24 heavy (non-hydrogen) atoms. The van der Waals surface area contributed by atoms with Crippen molar-refractivity contribution in [3.63, 3.8) is 0 Å². The molecule has 1 aliphatic heterocycles. The number of piperidine rings is 1. The SMILES string of the molecule is CCOC(=O)C1CCN(CC(=O)N[C@H](C)c2ccccc2Br)CC1. The lowest BCUT2D eigenvalue weighted by Crippen LogP contribution is -2.43. The fourth-order valence-corrected chi connectivity index (χ4v) is 3.61. The van der Waals surface area contributed by atoms with Gasteiger partial charge in [-0.2, -0.15) is 0 Å². The Morgan fingerprint density at radius 3 is 2.62 bits per heavy atom. The number of nitrogens with one attached hydrogen (secondary N) is 1. The van der Waals surface area contributed by atoms with Crippen LogP contribution in [0.4, 0.5) is 0 Å². The molecule has 0 aromatic heterocycles. The second-order valence-corrected chi connectivity index (χ2v) is 6.97. The van der Waals surface area contributed by atoms with Crippen LogP contribution >= 0.6 is 15.9 Å². The molecule has 0 aliphatic carbocycles. The van der Waals surface area contributed by atoms with Gasteiger partial charge in [-0.3, -0.25) is 14.5 Å². The van der Waals surface area contributed by atoms with Crippen molar-refractivity contribution < 1.29 is 14.3 Å². The molecule has 6 heteroatoms. The number of carbonyl (C=O) groups excluding carboxylic acids is 2. The molecule has 0 unspecified atom stereocenters. The standard InChI is InChI=1S/C18H25BrN2O3/c1-3-24-18(23)14-8-10-21(11-9-14)12-17(22)20-13(2)15-6-4-5-7-16(15)19/h4-7,13-14H,3,8-12H2,1-2H3,(H,20,22)/t13-/m1/s1. The van der Waals surface area contributed by atoms with Gasteiger partial charge >= 0.3 is 5.97 Å². The zero-order valence-electron chi connectivity index (χ0n) is 14.3. The van der Waals surface area contributed by atoms with Crippen molar-refractivity contribution in [3.8, 4) is 0 Å². The molecule has 132 valence electrons. The Bertz CT molecular complexity index is 571. The highest BCUT2D eigenvalue weighted by molar-refractivity contribution is 9.10. The van der Waals surface area contributed by atoms with Gasteiger partial charge in [0.2, 0.25) is 5.91 Å². The van der Waals surface area contributed by atoms with Crippen LogP contribution in [-0.2, 0) is 14.3 Å². The zero-order chi connectivity index (χ0) is 17.5. The molecule has 0 spiro atoms. The predicted molar refractivity (Wildman–Crippen MR) is 96.5 cm³/mol. The van der Waals surface area contributed by atoms with Gasteiger partial charge < -0.3 is 10.1 Å². The van der Waals surface area contributed by atoms with Crippen LogP contribution in [0.1, 0.15) is 38.3 Å². The van der Waals surface area contributed by atoms with E-state index in [0.29, 0.717) is 13.2 Å². The van der Waals surface area contributed by atoms with Crippen LogP contribution in [0.15, 0.2) is 28.7 Å². The topological polar surface area (TPSA) is 58.6 Å². The molecule has 5 nitrogen and oxygen atoms in total. The quantitative estimate of drug-likeness (QED) is 0.750. The summed E-state index contributed by atoms with van der Waals surface area (Å²) in [5.74, 6) is -0.125. The van der Waals surface area contributed by atoms with Gasteiger partial charge in [0, 0.05) is 4.47 Å². The largest absolute Gasteiger partial charge is 0.466 e. The van der Waals surface area contributed by atoms with Crippen molar-refractivity contribution in [2.45, 2.75) is 32.7 Å². The third-order valence-corrected chi connectivity index (χ3v) is 5.05. The minimum absolute atomic E-state index is 0.00726. The van der Waals surface area contributed by atoms with Gasteiger partial charge in [-0.15, -0.1) is 0 Å². The smallest absolute Gasteiger partial charge is 0.309 e. The number of halogens is 1. The van der Waals surface area contributed by atoms with Crippen LogP contribution in [-0.4, -0.2) is 43.0 Å². The van der Waals surface area contributed by atoms with Gasteiger partial charge in [0.05, 0.1) is 25.1 Å². The Labute approximate surface area is 151 Å². The lowest BCUT2D eigenvalue weighted by molar-refractivity contribution is -0.149. The van der Waals surface area contributed by atoms with E-state index in [1.54, 1.807) is 0 Å². The molecule has 0 bridgehead atoms. The molecule has 1 aromatic rings. The molecule has 0 saturated carbocycles. The average Bonchev–Trinajstić information content (AvgIpc) is 2.56. The van der Waals surface area contributed by atoms with E-state index in [0.717, 1.165) is 36.0 Å². The van der Waals surface area contributed by atoms with Crippen LogP contribution in [0.5, 0.6) is 0 Å². The van der Waals surface area contributed by atoms with Gasteiger partial charge in [0.1, 0.15) is 0 Å². The Morgan fingerprint density at radius 2 is 2.00 bits per heavy atom. The van der Waals surface area contributed by atoms with Crippen molar-refractivity contribution in [1.29, 1.82) is 0 Å². The molecule has 1 atom stereocenters. The first-order valence-corrected chi connectivity index (χ1v) is 9.23. The molecule has 1 N–H and O–H groups in total. The first-order valence-electron chi connectivity index (χ1n) is 8.44.